The molecule has 0 saturated heterocycles. The van der Waals surface area contributed by atoms with Gasteiger partial charge >= 0.3 is 0 Å². The summed E-state index contributed by atoms with van der Waals surface area (Å²) < 4.78 is 27.1. The third-order valence-corrected chi connectivity index (χ3v) is 2.43. The molecule has 0 radical (unpaired) electrons. The van der Waals surface area contributed by atoms with Crippen LogP contribution in [0.5, 0.6) is 0 Å². The van der Waals surface area contributed by atoms with Crippen LogP contribution < -0.4 is 0 Å². The fourth-order valence-electron chi connectivity index (χ4n) is 1.42. The second-order valence-corrected chi connectivity index (χ2v) is 3.83. The van der Waals surface area contributed by atoms with Crippen LogP contribution >= 0.6 is 15.9 Å². The number of hydrogen-bond acceptors (Lipinski definition) is 1. The molecule has 2 aromatic rings. The first-order chi connectivity index (χ1) is 6.59. The van der Waals surface area contributed by atoms with Crippen LogP contribution in [0.1, 0.15) is 5.56 Å². The van der Waals surface area contributed by atoms with E-state index in [1.54, 1.807) is 13.0 Å². The van der Waals surface area contributed by atoms with E-state index < -0.39 is 11.6 Å². The number of rotatable bonds is 0. The normalized spacial score (nSPS) is 10.9. The van der Waals surface area contributed by atoms with Crippen molar-refractivity contribution in [1.82, 2.24) is 4.98 Å². The van der Waals surface area contributed by atoms with E-state index >= 15 is 0 Å². The van der Waals surface area contributed by atoms with Crippen LogP contribution in [0.2, 0.25) is 0 Å². The minimum atomic E-state index is -0.509. The molecule has 0 amide bonds. The Labute approximate surface area is 87.9 Å². The number of aryl methyl sites for hydroxylation is 1. The van der Waals surface area contributed by atoms with E-state index in [1.165, 1.54) is 0 Å². The molecular formula is C10H6BrF2N. The van der Waals surface area contributed by atoms with Gasteiger partial charge in [0.15, 0.2) is 0 Å². The summed E-state index contributed by atoms with van der Waals surface area (Å²) in [5.74, 6) is -0.954. The number of halogens is 3. The summed E-state index contributed by atoms with van der Waals surface area (Å²) in [6, 6.07) is 3.85. The first kappa shape index (κ1) is 9.52. The predicted molar refractivity (Wildman–Crippen MR) is 54.1 cm³/mol. The number of nitrogens with zero attached hydrogens (tertiary/aromatic N) is 1. The van der Waals surface area contributed by atoms with Gasteiger partial charge in [-0.1, -0.05) is 0 Å². The number of pyridine rings is 1. The summed E-state index contributed by atoms with van der Waals surface area (Å²) in [5.41, 5.74) is 0.732. The van der Waals surface area contributed by atoms with Crippen LogP contribution in [0.3, 0.4) is 0 Å². The van der Waals surface area contributed by atoms with Crippen molar-refractivity contribution in [2.45, 2.75) is 6.92 Å². The molecule has 4 heteroatoms. The van der Waals surface area contributed by atoms with Gasteiger partial charge in [0, 0.05) is 5.39 Å². The highest BCUT2D eigenvalue weighted by Gasteiger charge is 2.10. The summed E-state index contributed by atoms with van der Waals surface area (Å²) in [6.45, 7) is 1.72. The number of benzene rings is 1. The fourth-order valence-corrected chi connectivity index (χ4v) is 1.94. The number of aromatic nitrogens is 1. The highest BCUT2D eigenvalue weighted by atomic mass is 79.9. The molecule has 1 heterocycles. The number of hydrogen-bond donors (Lipinski definition) is 0. The van der Waals surface area contributed by atoms with Crippen molar-refractivity contribution in [3.63, 3.8) is 0 Å². The Balaban J connectivity index is 3.00. The Morgan fingerprint density at radius 1 is 1.21 bits per heavy atom. The zero-order chi connectivity index (χ0) is 10.3. The van der Waals surface area contributed by atoms with E-state index in [-0.39, 0.29) is 10.9 Å². The quantitative estimate of drug-likeness (QED) is 0.658. The van der Waals surface area contributed by atoms with Crippen LogP contribution in [-0.4, -0.2) is 4.98 Å². The van der Waals surface area contributed by atoms with E-state index in [1.807, 2.05) is 0 Å². The highest BCUT2D eigenvalue weighted by molar-refractivity contribution is 9.10. The van der Waals surface area contributed by atoms with Gasteiger partial charge in [-0.05, 0) is 46.6 Å². The molecule has 14 heavy (non-hydrogen) atoms. The smallest absolute Gasteiger partial charge is 0.149 e. The molecule has 1 aromatic carbocycles. The Bertz CT molecular complexity index is 511. The summed E-state index contributed by atoms with van der Waals surface area (Å²) in [6.07, 6.45) is 0. The van der Waals surface area contributed by atoms with Gasteiger partial charge in [0.25, 0.3) is 0 Å². The van der Waals surface area contributed by atoms with E-state index in [0.717, 1.165) is 12.1 Å². The van der Waals surface area contributed by atoms with Crippen molar-refractivity contribution in [2.24, 2.45) is 0 Å². The molecule has 1 aromatic heterocycles. The Morgan fingerprint density at radius 3 is 2.57 bits per heavy atom. The second kappa shape index (κ2) is 3.28. The molecule has 0 aliphatic rings. The maximum atomic E-state index is 13.3. The average molecular weight is 258 g/mol. The molecule has 0 saturated carbocycles. The third-order valence-electron chi connectivity index (χ3n) is 2.03. The van der Waals surface area contributed by atoms with Crippen molar-refractivity contribution in [2.75, 3.05) is 0 Å². The van der Waals surface area contributed by atoms with E-state index in [9.17, 15) is 8.78 Å². The summed E-state index contributed by atoms with van der Waals surface area (Å²) in [4.78, 5) is 3.90. The lowest BCUT2D eigenvalue weighted by atomic mass is 10.1. The van der Waals surface area contributed by atoms with E-state index in [0.29, 0.717) is 10.2 Å². The minimum absolute atomic E-state index is 0.0666. The molecule has 0 unspecified atom stereocenters. The zero-order valence-corrected chi connectivity index (χ0v) is 8.90. The Morgan fingerprint density at radius 2 is 1.86 bits per heavy atom. The maximum absolute atomic E-state index is 13.3. The van der Waals surface area contributed by atoms with Crippen LogP contribution in [0, 0.1) is 18.6 Å². The molecular weight excluding hydrogens is 252 g/mol. The standard InChI is InChI=1S/C10H6BrF2N/c1-5-4-8(11)14-10-7(13)3-2-6(12)9(5)10/h2-4H,1H3. The lowest BCUT2D eigenvalue weighted by molar-refractivity contribution is 0.614. The number of fused-ring (bicyclic) bond motifs is 1. The van der Waals surface area contributed by atoms with Gasteiger partial charge < -0.3 is 0 Å². The van der Waals surface area contributed by atoms with Crippen LogP contribution in [0.4, 0.5) is 8.78 Å². The topological polar surface area (TPSA) is 12.9 Å². The lowest BCUT2D eigenvalue weighted by Crippen LogP contribution is -1.91. The molecule has 0 fully saturated rings. The molecule has 0 atom stereocenters. The van der Waals surface area contributed by atoms with E-state index in [2.05, 4.69) is 20.9 Å². The van der Waals surface area contributed by atoms with Crippen molar-refractivity contribution in [1.29, 1.82) is 0 Å². The van der Waals surface area contributed by atoms with Crippen molar-refractivity contribution < 1.29 is 8.78 Å². The molecule has 0 aliphatic heterocycles. The van der Waals surface area contributed by atoms with Gasteiger partial charge in [-0.25, -0.2) is 13.8 Å². The Kier molecular flexibility index (Phi) is 2.23. The summed E-state index contributed by atoms with van der Waals surface area (Å²) in [7, 11) is 0. The second-order valence-electron chi connectivity index (χ2n) is 3.01. The van der Waals surface area contributed by atoms with Crippen molar-refractivity contribution in [3.05, 3.63) is 40.0 Å². The minimum Gasteiger partial charge on any atom is -0.238 e. The molecule has 0 bridgehead atoms. The van der Waals surface area contributed by atoms with Gasteiger partial charge in [-0.3, -0.25) is 0 Å². The summed E-state index contributed by atoms with van der Waals surface area (Å²) >= 11 is 3.14. The predicted octanol–water partition coefficient (Wildman–Crippen LogP) is 3.58. The van der Waals surface area contributed by atoms with Gasteiger partial charge in [-0.15, -0.1) is 0 Å². The molecule has 0 aliphatic carbocycles. The average Bonchev–Trinajstić information content (AvgIpc) is 2.10. The third kappa shape index (κ3) is 1.39. The van der Waals surface area contributed by atoms with Crippen LogP contribution in [0.15, 0.2) is 22.8 Å². The molecule has 1 nitrogen and oxygen atoms in total. The van der Waals surface area contributed by atoms with Gasteiger partial charge in [0.2, 0.25) is 0 Å². The first-order valence-electron chi connectivity index (χ1n) is 4.00. The van der Waals surface area contributed by atoms with Crippen molar-refractivity contribution in [3.8, 4) is 0 Å². The van der Waals surface area contributed by atoms with Gasteiger partial charge in [-0.2, -0.15) is 0 Å². The van der Waals surface area contributed by atoms with Crippen LogP contribution in [-0.2, 0) is 0 Å². The molecule has 0 spiro atoms. The summed E-state index contributed by atoms with van der Waals surface area (Å²) in [5, 5.41) is 0.244. The van der Waals surface area contributed by atoms with Crippen molar-refractivity contribution >= 4 is 26.8 Å². The van der Waals surface area contributed by atoms with E-state index in [4.69, 9.17) is 0 Å². The molecule has 72 valence electrons. The molecule has 0 N–H and O–H groups in total. The monoisotopic (exact) mass is 257 g/mol. The SMILES string of the molecule is Cc1cc(Br)nc2c(F)ccc(F)c12. The van der Waals surface area contributed by atoms with Gasteiger partial charge in [0.05, 0.1) is 0 Å². The first-order valence-corrected chi connectivity index (χ1v) is 4.80. The highest BCUT2D eigenvalue weighted by Crippen LogP contribution is 2.25. The zero-order valence-electron chi connectivity index (χ0n) is 7.31. The maximum Gasteiger partial charge on any atom is 0.149 e. The van der Waals surface area contributed by atoms with Crippen LogP contribution in [0.25, 0.3) is 10.9 Å². The molecule has 2 rings (SSSR count). The fraction of sp³-hybridized carbons (Fsp3) is 0.100. The largest absolute Gasteiger partial charge is 0.238 e. The Hall–Kier alpha value is -1.03. The lowest BCUT2D eigenvalue weighted by Gasteiger charge is -2.04. The van der Waals surface area contributed by atoms with Gasteiger partial charge in [0.1, 0.15) is 21.8 Å².